The maximum Gasteiger partial charge on any atom is 0.259 e. The average Bonchev–Trinajstić information content (AvgIpc) is 2.67. The van der Waals surface area contributed by atoms with E-state index in [1.165, 1.54) is 5.56 Å². The zero-order valence-corrected chi connectivity index (χ0v) is 16.4. The number of anilines is 1. The molecule has 0 fully saturated rings. The van der Waals surface area contributed by atoms with Crippen LogP contribution in [0.15, 0.2) is 76.9 Å². The Morgan fingerprint density at radius 3 is 2.30 bits per heavy atom. The lowest BCUT2D eigenvalue weighted by atomic mass is 10.1. The molecule has 0 saturated heterocycles. The number of rotatable bonds is 6. The summed E-state index contributed by atoms with van der Waals surface area (Å²) in [5.74, 6) is -0.0302. The number of benzene rings is 2. The summed E-state index contributed by atoms with van der Waals surface area (Å²) in [7, 11) is 0. The SMILES string of the molecule is CC/C(C)=C(C(=O)Nc1ccccc1)/C(N)=N/C=C(\C)c1ccc(C)cc1. The van der Waals surface area contributed by atoms with Gasteiger partial charge in [0.25, 0.3) is 5.91 Å². The minimum Gasteiger partial charge on any atom is -0.383 e. The zero-order chi connectivity index (χ0) is 19.8. The van der Waals surface area contributed by atoms with Gasteiger partial charge >= 0.3 is 0 Å². The fourth-order valence-corrected chi connectivity index (χ4v) is 2.54. The van der Waals surface area contributed by atoms with E-state index in [4.69, 9.17) is 5.73 Å². The quantitative estimate of drug-likeness (QED) is 0.428. The first-order valence-corrected chi connectivity index (χ1v) is 9.06. The molecule has 27 heavy (non-hydrogen) atoms. The van der Waals surface area contributed by atoms with Crippen LogP contribution < -0.4 is 11.1 Å². The first kappa shape index (κ1) is 20.2. The molecule has 0 atom stereocenters. The molecule has 0 spiro atoms. The fraction of sp³-hybridized carbons (Fsp3) is 0.217. The highest BCUT2D eigenvalue weighted by atomic mass is 16.1. The third-order valence-electron chi connectivity index (χ3n) is 4.38. The molecule has 0 unspecified atom stereocenters. The predicted octanol–water partition coefficient (Wildman–Crippen LogP) is 5.08. The van der Waals surface area contributed by atoms with Crippen molar-refractivity contribution in [2.45, 2.75) is 34.1 Å². The number of allylic oxidation sites excluding steroid dienone is 2. The maximum atomic E-state index is 12.8. The Bertz CT molecular complexity index is 876. The number of nitrogens with zero attached hydrogens (tertiary/aromatic N) is 1. The van der Waals surface area contributed by atoms with E-state index in [0.717, 1.165) is 22.4 Å². The number of para-hydroxylation sites is 1. The van der Waals surface area contributed by atoms with E-state index in [2.05, 4.69) is 29.4 Å². The van der Waals surface area contributed by atoms with Crippen LogP contribution in [0.25, 0.3) is 5.57 Å². The Kier molecular flexibility index (Phi) is 7.12. The predicted molar refractivity (Wildman–Crippen MR) is 115 cm³/mol. The largest absolute Gasteiger partial charge is 0.383 e. The van der Waals surface area contributed by atoms with Crippen molar-refractivity contribution in [2.24, 2.45) is 10.7 Å². The van der Waals surface area contributed by atoms with Crippen molar-refractivity contribution < 1.29 is 4.79 Å². The highest BCUT2D eigenvalue weighted by Crippen LogP contribution is 2.16. The molecular formula is C23H27N3O. The molecule has 1 amide bonds. The second kappa shape index (κ2) is 9.53. The van der Waals surface area contributed by atoms with Gasteiger partial charge in [-0.15, -0.1) is 0 Å². The van der Waals surface area contributed by atoms with Crippen molar-refractivity contribution in [1.29, 1.82) is 0 Å². The summed E-state index contributed by atoms with van der Waals surface area (Å²) < 4.78 is 0. The van der Waals surface area contributed by atoms with Gasteiger partial charge in [0.1, 0.15) is 5.84 Å². The summed E-state index contributed by atoms with van der Waals surface area (Å²) >= 11 is 0. The zero-order valence-electron chi connectivity index (χ0n) is 16.4. The van der Waals surface area contributed by atoms with E-state index in [9.17, 15) is 4.79 Å². The monoisotopic (exact) mass is 361 g/mol. The summed E-state index contributed by atoms with van der Waals surface area (Å²) in [6.07, 6.45) is 2.42. The molecule has 0 radical (unpaired) electrons. The maximum absolute atomic E-state index is 12.8. The molecule has 3 N–H and O–H groups in total. The molecule has 0 bridgehead atoms. The van der Waals surface area contributed by atoms with Crippen LogP contribution in [-0.4, -0.2) is 11.7 Å². The molecule has 0 aliphatic rings. The third kappa shape index (κ3) is 5.68. The Morgan fingerprint density at radius 1 is 1.07 bits per heavy atom. The van der Waals surface area contributed by atoms with Gasteiger partial charge < -0.3 is 11.1 Å². The molecule has 4 nitrogen and oxygen atoms in total. The number of amides is 1. The fourth-order valence-electron chi connectivity index (χ4n) is 2.54. The lowest BCUT2D eigenvalue weighted by Crippen LogP contribution is -2.27. The first-order valence-electron chi connectivity index (χ1n) is 9.06. The number of carbonyl (C=O) groups excluding carboxylic acids is 1. The molecule has 0 aliphatic heterocycles. The third-order valence-corrected chi connectivity index (χ3v) is 4.38. The molecule has 0 aliphatic carbocycles. The number of nitrogens with one attached hydrogen (secondary N) is 1. The van der Waals surface area contributed by atoms with Crippen molar-refractivity contribution in [3.63, 3.8) is 0 Å². The van der Waals surface area contributed by atoms with E-state index in [-0.39, 0.29) is 11.7 Å². The van der Waals surface area contributed by atoms with Gasteiger partial charge in [0, 0.05) is 11.9 Å². The first-order chi connectivity index (χ1) is 12.9. The summed E-state index contributed by atoms with van der Waals surface area (Å²) in [6.45, 7) is 7.92. The van der Waals surface area contributed by atoms with Gasteiger partial charge in [0.05, 0.1) is 5.57 Å². The number of hydrogen-bond acceptors (Lipinski definition) is 2. The highest BCUT2D eigenvalue weighted by Gasteiger charge is 2.16. The number of aliphatic imine (C=N–C) groups is 1. The second-order valence-corrected chi connectivity index (χ2v) is 6.52. The van der Waals surface area contributed by atoms with Crippen LogP contribution in [0.3, 0.4) is 0 Å². The smallest absolute Gasteiger partial charge is 0.259 e. The molecule has 0 heterocycles. The van der Waals surface area contributed by atoms with Crippen LogP contribution >= 0.6 is 0 Å². The van der Waals surface area contributed by atoms with Crippen LogP contribution in [0.5, 0.6) is 0 Å². The standard InChI is InChI=1S/C23H27N3O/c1-5-17(3)21(23(27)26-20-9-7-6-8-10-20)22(24)25-15-18(4)19-13-11-16(2)12-14-19/h6-15H,5H2,1-4H3,(H2,24,25)(H,26,27)/b18-15+,21-17-. The van der Waals surface area contributed by atoms with Gasteiger partial charge in [-0.25, -0.2) is 4.99 Å². The van der Waals surface area contributed by atoms with Crippen molar-refractivity contribution in [3.8, 4) is 0 Å². The Hall–Kier alpha value is -3.14. The Balaban J connectivity index is 2.27. The van der Waals surface area contributed by atoms with Gasteiger partial charge in [-0.05, 0) is 50.5 Å². The highest BCUT2D eigenvalue weighted by molar-refractivity contribution is 6.24. The molecule has 140 valence electrons. The van der Waals surface area contributed by atoms with E-state index in [0.29, 0.717) is 12.0 Å². The van der Waals surface area contributed by atoms with Crippen molar-refractivity contribution >= 4 is 23.0 Å². The van der Waals surface area contributed by atoms with Crippen LogP contribution in [-0.2, 0) is 4.79 Å². The summed E-state index contributed by atoms with van der Waals surface area (Å²) in [5.41, 5.74) is 11.5. The van der Waals surface area contributed by atoms with Gasteiger partial charge in [-0.3, -0.25) is 4.79 Å². The molecule has 0 saturated carbocycles. The topological polar surface area (TPSA) is 67.5 Å². The van der Waals surface area contributed by atoms with Crippen LogP contribution in [0.2, 0.25) is 0 Å². The van der Waals surface area contributed by atoms with Gasteiger partial charge in [-0.1, -0.05) is 60.5 Å². The van der Waals surface area contributed by atoms with E-state index in [1.54, 1.807) is 6.20 Å². The molecule has 4 heteroatoms. The number of carbonyl (C=O) groups is 1. The lowest BCUT2D eigenvalue weighted by Gasteiger charge is -2.11. The van der Waals surface area contributed by atoms with Crippen molar-refractivity contribution in [1.82, 2.24) is 0 Å². The minimum absolute atomic E-state index is 0.217. The van der Waals surface area contributed by atoms with Crippen LogP contribution in [0.4, 0.5) is 5.69 Å². The Labute approximate surface area is 161 Å². The van der Waals surface area contributed by atoms with E-state index in [1.807, 2.05) is 63.2 Å². The van der Waals surface area contributed by atoms with Gasteiger partial charge in [0.15, 0.2) is 0 Å². The van der Waals surface area contributed by atoms with Crippen molar-refractivity contribution in [2.75, 3.05) is 5.32 Å². The van der Waals surface area contributed by atoms with E-state index >= 15 is 0 Å². The molecule has 2 aromatic rings. The molecular weight excluding hydrogens is 334 g/mol. The normalized spacial score (nSPS) is 13.2. The van der Waals surface area contributed by atoms with Gasteiger partial charge in [-0.2, -0.15) is 0 Å². The average molecular weight is 361 g/mol. The number of aryl methyl sites for hydroxylation is 1. The van der Waals surface area contributed by atoms with E-state index < -0.39 is 0 Å². The lowest BCUT2D eigenvalue weighted by molar-refractivity contribution is -0.112. The summed E-state index contributed by atoms with van der Waals surface area (Å²) in [4.78, 5) is 17.1. The number of amidine groups is 1. The molecule has 2 rings (SSSR count). The molecule has 0 aromatic heterocycles. The summed E-state index contributed by atoms with van der Waals surface area (Å²) in [5, 5.41) is 2.89. The van der Waals surface area contributed by atoms with Crippen molar-refractivity contribution in [3.05, 3.63) is 83.1 Å². The number of hydrogen-bond donors (Lipinski definition) is 2. The number of nitrogens with two attached hydrogens (primary N) is 1. The minimum atomic E-state index is -0.247. The Morgan fingerprint density at radius 2 is 1.70 bits per heavy atom. The van der Waals surface area contributed by atoms with Gasteiger partial charge in [0.2, 0.25) is 0 Å². The van der Waals surface area contributed by atoms with Crippen LogP contribution in [0, 0.1) is 6.92 Å². The molecule has 2 aromatic carbocycles. The summed E-state index contributed by atoms with van der Waals surface area (Å²) in [6, 6.07) is 17.5. The second-order valence-electron chi connectivity index (χ2n) is 6.52. The van der Waals surface area contributed by atoms with Crippen LogP contribution in [0.1, 0.15) is 38.3 Å².